The second-order valence-corrected chi connectivity index (χ2v) is 4.40. The van der Waals surface area contributed by atoms with Crippen molar-refractivity contribution < 1.29 is 9.90 Å². The lowest BCUT2D eigenvalue weighted by Gasteiger charge is -2.02. The first kappa shape index (κ1) is 9.98. The smallest absolute Gasteiger partial charge is 0.335 e. The molecule has 0 saturated heterocycles. The van der Waals surface area contributed by atoms with Crippen molar-refractivity contribution in [1.82, 2.24) is 9.36 Å². The molecule has 0 spiro atoms. The summed E-state index contributed by atoms with van der Waals surface area (Å²) in [7, 11) is 0. The van der Waals surface area contributed by atoms with Gasteiger partial charge in [-0.25, -0.2) is 9.78 Å². The highest BCUT2D eigenvalue weighted by Gasteiger charge is 2.10. The quantitative estimate of drug-likeness (QED) is 0.685. The first-order valence-corrected chi connectivity index (χ1v) is 5.61. The first-order valence-electron chi connectivity index (χ1n) is 4.84. The summed E-state index contributed by atoms with van der Waals surface area (Å²) in [6, 6.07) is 4.77. The van der Waals surface area contributed by atoms with Crippen LogP contribution in [0.2, 0.25) is 0 Å². The van der Waals surface area contributed by atoms with Gasteiger partial charge in [-0.05, 0) is 29.7 Å². The molecule has 1 aromatic carbocycles. The second-order valence-electron chi connectivity index (χ2n) is 3.60. The van der Waals surface area contributed by atoms with Crippen LogP contribution in [-0.2, 0) is 0 Å². The molecule has 3 N–H and O–H groups in total. The van der Waals surface area contributed by atoms with Crippen LogP contribution in [0.4, 0.5) is 5.82 Å². The van der Waals surface area contributed by atoms with Gasteiger partial charge < -0.3 is 10.8 Å². The highest BCUT2D eigenvalue weighted by atomic mass is 32.1. The molecule has 2 heterocycles. The Balaban J connectivity index is 2.48. The van der Waals surface area contributed by atoms with Crippen molar-refractivity contribution in [3.8, 4) is 0 Å². The molecule has 0 unspecified atom stereocenters. The predicted octanol–water partition coefficient (Wildman–Crippen LogP) is 2.12. The van der Waals surface area contributed by atoms with Crippen LogP contribution in [0, 0.1) is 0 Å². The number of benzene rings is 1. The Morgan fingerprint density at radius 3 is 2.94 bits per heavy atom. The molecule has 0 aliphatic heterocycles. The van der Waals surface area contributed by atoms with Crippen LogP contribution in [0.15, 0.2) is 24.4 Å². The molecule has 0 saturated carbocycles. The SMILES string of the molecule is Nc1nc2ccc(C(=O)O)cc2c2cnsc12. The minimum atomic E-state index is -0.958. The Kier molecular flexibility index (Phi) is 1.99. The zero-order valence-corrected chi connectivity index (χ0v) is 9.36. The Morgan fingerprint density at radius 1 is 1.35 bits per heavy atom. The normalized spacial score (nSPS) is 11.1. The summed E-state index contributed by atoms with van der Waals surface area (Å²) in [5.41, 5.74) is 6.72. The summed E-state index contributed by atoms with van der Waals surface area (Å²) < 4.78 is 4.85. The van der Waals surface area contributed by atoms with Gasteiger partial charge in [-0.3, -0.25) is 0 Å². The second kappa shape index (κ2) is 3.39. The van der Waals surface area contributed by atoms with Crippen LogP contribution in [0.1, 0.15) is 10.4 Å². The molecule has 6 heteroatoms. The van der Waals surface area contributed by atoms with Gasteiger partial charge >= 0.3 is 5.97 Å². The summed E-state index contributed by atoms with van der Waals surface area (Å²) in [5.74, 6) is -0.530. The van der Waals surface area contributed by atoms with Gasteiger partial charge in [0.2, 0.25) is 0 Å². The Bertz CT molecular complexity index is 751. The lowest BCUT2D eigenvalue weighted by atomic mass is 10.1. The van der Waals surface area contributed by atoms with Crippen molar-refractivity contribution in [2.24, 2.45) is 0 Å². The maximum atomic E-state index is 10.9. The molecule has 0 fully saturated rings. The third-order valence-electron chi connectivity index (χ3n) is 2.58. The van der Waals surface area contributed by atoms with Crippen LogP contribution < -0.4 is 5.73 Å². The topological polar surface area (TPSA) is 89.1 Å². The number of hydrogen-bond donors (Lipinski definition) is 2. The third-order valence-corrected chi connectivity index (χ3v) is 3.40. The number of aromatic nitrogens is 2. The molecule has 2 aromatic heterocycles. The van der Waals surface area contributed by atoms with E-state index in [1.165, 1.54) is 17.6 Å². The molecule has 0 amide bonds. The van der Waals surface area contributed by atoms with Gasteiger partial charge in [-0.1, -0.05) is 0 Å². The van der Waals surface area contributed by atoms with E-state index in [9.17, 15) is 4.79 Å². The number of aromatic carboxylic acids is 1. The summed E-state index contributed by atoms with van der Waals surface area (Å²) in [4.78, 5) is 15.2. The number of nitrogens with zero attached hydrogens (tertiary/aromatic N) is 2. The summed E-state index contributed by atoms with van der Waals surface area (Å²) >= 11 is 1.26. The molecule has 84 valence electrons. The van der Waals surface area contributed by atoms with E-state index in [-0.39, 0.29) is 5.56 Å². The average Bonchev–Trinajstić information content (AvgIpc) is 2.78. The van der Waals surface area contributed by atoms with Crippen molar-refractivity contribution in [3.63, 3.8) is 0 Å². The fourth-order valence-corrected chi connectivity index (χ4v) is 2.44. The largest absolute Gasteiger partial charge is 0.478 e. The number of carboxylic acid groups (broad SMARTS) is 1. The van der Waals surface area contributed by atoms with Gasteiger partial charge in [0.05, 0.1) is 15.8 Å². The lowest BCUT2D eigenvalue weighted by Crippen LogP contribution is -1.97. The minimum absolute atomic E-state index is 0.233. The zero-order valence-electron chi connectivity index (χ0n) is 8.54. The van der Waals surface area contributed by atoms with E-state index in [0.717, 1.165) is 15.5 Å². The molecule has 0 radical (unpaired) electrons. The van der Waals surface area contributed by atoms with Crippen LogP contribution >= 0.6 is 11.5 Å². The van der Waals surface area contributed by atoms with Gasteiger partial charge in [0.1, 0.15) is 5.82 Å². The molecule has 0 atom stereocenters. The fraction of sp³-hybridized carbons (Fsp3) is 0. The van der Waals surface area contributed by atoms with Gasteiger partial charge in [-0.2, -0.15) is 4.37 Å². The Labute approximate surface area is 99.7 Å². The van der Waals surface area contributed by atoms with Gasteiger partial charge in [0.15, 0.2) is 0 Å². The van der Waals surface area contributed by atoms with Gasteiger partial charge in [0, 0.05) is 17.0 Å². The molecule has 0 aliphatic rings. The summed E-state index contributed by atoms with van der Waals surface area (Å²) in [5, 5.41) is 10.6. The molecule has 5 nitrogen and oxygen atoms in total. The van der Waals surface area contributed by atoms with Crippen LogP contribution in [0.3, 0.4) is 0 Å². The number of rotatable bonds is 1. The minimum Gasteiger partial charge on any atom is -0.478 e. The zero-order chi connectivity index (χ0) is 12.0. The maximum Gasteiger partial charge on any atom is 0.335 e. The first-order chi connectivity index (χ1) is 8.16. The van der Waals surface area contributed by atoms with Crippen LogP contribution in [0.5, 0.6) is 0 Å². The fourth-order valence-electron chi connectivity index (χ4n) is 1.78. The van der Waals surface area contributed by atoms with E-state index < -0.39 is 5.97 Å². The predicted molar refractivity (Wildman–Crippen MR) is 66.3 cm³/mol. The van der Waals surface area contributed by atoms with Crippen molar-refractivity contribution >= 4 is 44.3 Å². The number of fused-ring (bicyclic) bond motifs is 3. The molecular formula is C11H7N3O2S. The lowest BCUT2D eigenvalue weighted by molar-refractivity contribution is 0.0697. The highest BCUT2D eigenvalue weighted by Crippen LogP contribution is 2.30. The monoisotopic (exact) mass is 245 g/mol. The number of carbonyl (C=O) groups is 1. The summed E-state index contributed by atoms with van der Waals surface area (Å²) in [6.45, 7) is 0. The average molecular weight is 245 g/mol. The molecule has 17 heavy (non-hydrogen) atoms. The van der Waals surface area contributed by atoms with E-state index >= 15 is 0 Å². The Morgan fingerprint density at radius 2 is 2.18 bits per heavy atom. The van der Waals surface area contributed by atoms with E-state index in [1.54, 1.807) is 18.3 Å². The van der Waals surface area contributed by atoms with E-state index in [4.69, 9.17) is 10.8 Å². The molecular weight excluding hydrogens is 238 g/mol. The number of carboxylic acids is 1. The van der Waals surface area contributed by atoms with Crippen molar-refractivity contribution in [2.75, 3.05) is 5.73 Å². The third kappa shape index (κ3) is 1.42. The van der Waals surface area contributed by atoms with Crippen LogP contribution in [0.25, 0.3) is 21.0 Å². The maximum absolute atomic E-state index is 10.9. The number of anilines is 1. The van der Waals surface area contributed by atoms with Crippen molar-refractivity contribution in [2.45, 2.75) is 0 Å². The van der Waals surface area contributed by atoms with Crippen molar-refractivity contribution in [3.05, 3.63) is 30.0 Å². The van der Waals surface area contributed by atoms with Gasteiger partial charge in [-0.15, -0.1) is 0 Å². The number of nitrogen functional groups attached to an aromatic ring is 1. The molecule has 3 aromatic rings. The molecule has 3 rings (SSSR count). The molecule has 0 aliphatic carbocycles. The summed E-state index contributed by atoms with van der Waals surface area (Å²) in [6.07, 6.45) is 1.69. The van der Waals surface area contributed by atoms with E-state index in [2.05, 4.69) is 9.36 Å². The Hall–Kier alpha value is -2.21. The van der Waals surface area contributed by atoms with Crippen molar-refractivity contribution in [1.29, 1.82) is 0 Å². The van der Waals surface area contributed by atoms with E-state index in [0.29, 0.717) is 11.3 Å². The highest BCUT2D eigenvalue weighted by molar-refractivity contribution is 7.14. The van der Waals surface area contributed by atoms with E-state index in [1.807, 2.05) is 0 Å². The standard InChI is InChI=1S/C11H7N3O2S/c12-10-9-7(4-13-17-9)6-3-5(11(15)16)1-2-8(6)14-10/h1-4H,(H2,12,14)(H,15,16). The van der Waals surface area contributed by atoms with Gasteiger partial charge in [0.25, 0.3) is 0 Å². The number of pyridine rings is 1. The number of nitrogens with two attached hydrogens (primary N) is 1. The van der Waals surface area contributed by atoms with Crippen LogP contribution in [-0.4, -0.2) is 20.4 Å². The molecule has 0 bridgehead atoms. The number of hydrogen-bond acceptors (Lipinski definition) is 5.